The van der Waals surface area contributed by atoms with Crippen molar-refractivity contribution in [2.45, 2.75) is 25.6 Å². The minimum atomic E-state index is -4.55. The zero-order chi connectivity index (χ0) is 15.8. The maximum Gasteiger partial charge on any atom is 0.416 e. The molecule has 21 heavy (non-hydrogen) atoms. The first-order valence-corrected chi connectivity index (χ1v) is 6.91. The zero-order valence-electron chi connectivity index (χ0n) is 11.3. The Hall–Kier alpha value is -1.27. The van der Waals surface area contributed by atoms with Gasteiger partial charge in [0.1, 0.15) is 0 Å². The van der Waals surface area contributed by atoms with Crippen LogP contribution < -0.4 is 0 Å². The van der Waals surface area contributed by atoms with Gasteiger partial charge in [0.25, 0.3) is 5.91 Å². The van der Waals surface area contributed by atoms with Gasteiger partial charge >= 0.3 is 6.18 Å². The Morgan fingerprint density at radius 2 is 2.10 bits per heavy atom. The number of aliphatic hydroxyl groups is 1. The lowest BCUT2D eigenvalue weighted by Crippen LogP contribution is -2.30. The molecule has 0 aliphatic carbocycles. The van der Waals surface area contributed by atoms with E-state index in [1.54, 1.807) is 6.92 Å². The fourth-order valence-corrected chi connectivity index (χ4v) is 2.66. The largest absolute Gasteiger partial charge is 0.416 e. The van der Waals surface area contributed by atoms with Gasteiger partial charge in [-0.1, -0.05) is 11.6 Å². The van der Waals surface area contributed by atoms with Crippen molar-refractivity contribution in [3.05, 3.63) is 34.3 Å². The first-order valence-electron chi connectivity index (χ1n) is 6.53. The van der Waals surface area contributed by atoms with Gasteiger partial charge in [0.2, 0.25) is 0 Å². The number of halogens is 4. The van der Waals surface area contributed by atoms with E-state index in [1.807, 2.05) is 0 Å². The smallest absolute Gasteiger partial charge is 0.393 e. The van der Waals surface area contributed by atoms with Crippen molar-refractivity contribution < 1.29 is 23.1 Å². The van der Waals surface area contributed by atoms with E-state index in [1.165, 1.54) is 11.0 Å². The molecule has 2 rings (SSSR count). The molecule has 1 amide bonds. The Morgan fingerprint density at radius 1 is 1.43 bits per heavy atom. The summed E-state index contributed by atoms with van der Waals surface area (Å²) >= 11 is 5.68. The highest BCUT2D eigenvalue weighted by Crippen LogP contribution is 2.32. The molecule has 1 fully saturated rings. The highest BCUT2D eigenvalue weighted by Gasteiger charge is 2.34. The third-order valence-corrected chi connectivity index (χ3v) is 3.88. The van der Waals surface area contributed by atoms with E-state index in [2.05, 4.69) is 0 Å². The van der Waals surface area contributed by atoms with Crippen LogP contribution in [0.3, 0.4) is 0 Å². The molecule has 0 radical (unpaired) electrons. The molecular formula is C14H15ClF3NO2. The minimum absolute atomic E-state index is 0.0461. The number of rotatable bonds is 2. The Labute approximate surface area is 125 Å². The Morgan fingerprint density at radius 3 is 2.62 bits per heavy atom. The van der Waals surface area contributed by atoms with Crippen LogP contribution >= 0.6 is 11.6 Å². The van der Waals surface area contributed by atoms with Crippen molar-refractivity contribution in [2.75, 3.05) is 13.1 Å². The molecule has 1 aliphatic rings. The number of carbonyl (C=O) groups is 1. The normalized spacial score (nSPS) is 20.7. The maximum atomic E-state index is 12.7. The molecule has 0 saturated carbocycles. The van der Waals surface area contributed by atoms with Crippen LogP contribution in [0.15, 0.2) is 18.2 Å². The van der Waals surface area contributed by atoms with Gasteiger partial charge in [-0.2, -0.15) is 13.2 Å². The monoisotopic (exact) mass is 321 g/mol. The van der Waals surface area contributed by atoms with Crippen LogP contribution in [0.2, 0.25) is 5.02 Å². The molecule has 1 saturated heterocycles. The molecule has 1 heterocycles. The predicted octanol–water partition coefficient (Wildman–Crippen LogP) is 3.20. The van der Waals surface area contributed by atoms with Crippen LogP contribution in [0, 0.1) is 5.92 Å². The van der Waals surface area contributed by atoms with E-state index < -0.39 is 23.8 Å². The maximum absolute atomic E-state index is 12.7. The number of amides is 1. The lowest BCUT2D eigenvalue weighted by molar-refractivity contribution is -0.137. The minimum Gasteiger partial charge on any atom is -0.393 e. The number of aliphatic hydroxyl groups excluding tert-OH is 1. The number of nitrogens with zero attached hydrogens (tertiary/aromatic N) is 1. The Bertz CT molecular complexity index is 546. The van der Waals surface area contributed by atoms with Gasteiger partial charge in [0.15, 0.2) is 0 Å². The third kappa shape index (κ3) is 3.68. The summed E-state index contributed by atoms with van der Waals surface area (Å²) in [5.74, 6) is -0.540. The second kappa shape index (κ2) is 5.85. The molecule has 2 atom stereocenters. The van der Waals surface area contributed by atoms with Gasteiger partial charge in [-0.25, -0.2) is 0 Å². The number of hydrogen-bond donors (Lipinski definition) is 1. The Kier molecular flexibility index (Phi) is 4.49. The topological polar surface area (TPSA) is 40.5 Å². The van der Waals surface area contributed by atoms with Crippen molar-refractivity contribution in [3.8, 4) is 0 Å². The second-order valence-electron chi connectivity index (χ2n) is 5.27. The van der Waals surface area contributed by atoms with Crippen LogP contribution in [-0.4, -0.2) is 35.1 Å². The van der Waals surface area contributed by atoms with Crippen LogP contribution in [-0.2, 0) is 6.18 Å². The highest BCUT2D eigenvalue weighted by atomic mass is 35.5. The Balaban J connectivity index is 2.22. The molecule has 0 unspecified atom stereocenters. The average Bonchev–Trinajstić information content (AvgIpc) is 2.85. The SMILES string of the molecule is C[C@@H](O)[C@@H]1CCN(C(=O)c2cc(Cl)cc(C(F)(F)F)c2)C1. The van der Waals surface area contributed by atoms with Gasteiger partial charge in [-0.05, 0) is 31.5 Å². The first-order chi connectivity index (χ1) is 9.68. The van der Waals surface area contributed by atoms with Crippen molar-refractivity contribution >= 4 is 17.5 Å². The molecule has 1 aliphatic heterocycles. The van der Waals surface area contributed by atoms with E-state index in [0.29, 0.717) is 19.5 Å². The summed E-state index contributed by atoms with van der Waals surface area (Å²) in [5.41, 5.74) is -1.02. The summed E-state index contributed by atoms with van der Waals surface area (Å²) in [7, 11) is 0. The van der Waals surface area contributed by atoms with Crippen LogP contribution in [0.4, 0.5) is 13.2 Å². The van der Waals surface area contributed by atoms with Crippen molar-refractivity contribution in [3.63, 3.8) is 0 Å². The van der Waals surface area contributed by atoms with Gasteiger partial charge in [-0.15, -0.1) is 0 Å². The summed E-state index contributed by atoms with van der Waals surface area (Å²) in [5, 5.41) is 9.38. The molecule has 116 valence electrons. The van der Waals surface area contributed by atoms with Crippen LogP contribution in [0.1, 0.15) is 29.3 Å². The predicted molar refractivity (Wildman–Crippen MR) is 72.1 cm³/mol. The number of likely N-dealkylation sites (tertiary alicyclic amines) is 1. The highest BCUT2D eigenvalue weighted by molar-refractivity contribution is 6.31. The van der Waals surface area contributed by atoms with Crippen molar-refractivity contribution in [1.82, 2.24) is 4.90 Å². The van der Waals surface area contributed by atoms with Gasteiger partial charge in [0.05, 0.1) is 11.7 Å². The van der Waals surface area contributed by atoms with Gasteiger partial charge in [-0.3, -0.25) is 4.79 Å². The molecule has 3 nitrogen and oxygen atoms in total. The second-order valence-corrected chi connectivity index (χ2v) is 5.70. The quantitative estimate of drug-likeness (QED) is 0.908. The fraction of sp³-hybridized carbons (Fsp3) is 0.500. The van der Waals surface area contributed by atoms with E-state index in [0.717, 1.165) is 12.1 Å². The first kappa shape index (κ1) is 16.1. The summed E-state index contributed by atoms with van der Waals surface area (Å²) in [4.78, 5) is 13.7. The summed E-state index contributed by atoms with van der Waals surface area (Å²) < 4.78 is 38.2. The molecule has 0 aromatic heterocycles. The van der Waals surface area contributed by atoms with E-state index >= 15 is 0 Å². The number of benzene rings is 1. The number of hydrogen-bond acceptors (Lipinski definition) is 2. The zero-order valence-corrected chi connectivity index (χ0v) is 12.1. The molecule has 0 spiro atoms. The standard InChI is InChI=1S/C14H15ClF3NO2/c1-8(20)9-2-3-19(7-9)13(21)10-4-11(14(16,17)18)6-12(15)5-10/h4-6,8-9,20H,2-3,7H2,1H3/t8-,9-/m1/s1. The summed E-state index contributed by atoms with van der Waals surface area (Å²) in [6.45, 7) is 2.40. The van der Waals surface area contributed by atoms with Gasteiger partial charge < -0.3 is 10.0 Å². The fourth-order valence-electron chi connectivity index (χ4n) is 2.42. The van der Waals surface area contributed by atoms with Crippen molar-refractivity contribution in [2.24, 2.45) is 5.92 Å². The summed E-state index contributed by atoms with van der Waals surface area (Å²) in [6.07, 6.45) is -4.46. The molecule has 1 aromatic rings. The average molecular weight is 322 g/mol. The lowest BCUT2D eigenvalue weighted by atomic mass is 10.0. The van der Waals surface area contributed by atoms with E-state index in [-0.39, 0.29) is 16.5 Å². The lowest BCUT2D eigenvalue weighted by Gasteiger charge is -2.18. The van der Waals surface area contributed by atoms with Crippen LogP contribution in [0.5, 0.6) is 0 Å². The molecule has 1 N–H and O–H groups in total. The van der Waals surface area contributed by atoms with Crippen LogP contribution in [0.25, 0.3) is 0 Å². The molecule has 0 bridgehead atoms. The molecule has 1 aromatic carbocycles. The van der Waals surface area contributed by atoms with E-state index in [9.17, 15) is 23.1 Å². The van der Waals surface area contributed by atoms with Gasteiger partial charge in [0, 0.05) is 29.6 Å². The third-order valence-electron chi connectivity index (χ3n) is 3.67. The molecular weight excluding hydrogens is 307 g/mol. The van der Waals surface area contributed by atoms with E-state index in [4.69, 9.17) is 11.6 Å². The molecule has 7 heteroatoms. The number of alkyl halides is 3. The van der Waals surface area contributed by atoms with Crippen molar-refractivity contribution in [1.29, 1.82) is 0 Å². The number of carbonyl (C=O) groups excluding carboxylic acids is 1. The summed E-state index contributed by atoms with van der Waals surface area (Å²) in [6, 6.07) is 2.83.